The number of hydrogen-bond acceptors (Lipinski definition) is 3. The van der Waals surface area contributed by atoms with Gasteiger partial charge in [0.25, 0.3) is 0 Å². The van der Waals surface area contributed by atoms with Crippen LogP contribution in [-0.2, 0) is 0 Å². The van der Waals surface area contributed by atoms with Crippen LogP contribution in [0.2, 0.25) is 0 Å². The molecular weight excluding hydrogens is 276 g/mol. The number of ketones is 1. The fraction of sp³-hybridized carbons (Fsp3) is 0.105. The number of fused-ring (bicyclic) bond motifs is 1. The van der Waals surface area contributed by atoms with Crippen molar-refractivity contribution < 1.29 is 14.3 Å². The Bertz CT molecular complexity index is 820. The molecule has 0 unspecified atom stereocenters. The second-order valence-corrected chi connectivity index (χ2v) is 4.99. The Kier molecular flexibility index (Phi) is 3.79. The Morgan fingerprint density at radius 3 is 1.91 bits per heavy atom. The van der Waals surface area contributed by atoms with E-state index >= 15 is 0 Å². The van der Waals surface area contributed by atoms with Gasteiger partial charge in [-0.05, 0) is 53.2 Å². The lowest BCUT2D eigenvalue weighted by Crippen LogP contribution is -2.01. The molecular formula is C19H16O3. The van der Waals surface area contributed by atoms with Crippen molar-refractivity contribution in [3.8, 4) is 11.5 Å². The third-order valence-electron chi connectivity index (χ3n) is 3.66. The number of benzene rings is 3. The molecule has 110 valence electrons. The van der Waals surface area contributed by atoms with Gasteiger partial charge in [-0.2, -0.15) is 0 Å². The van der Waals surface area contributed by atoms with Gasteiger partial charge in [0.15, 0.2) is 5.78 Å². The molecule has 0 spiro atoms. The summed E-state index contributed by atoms with van der Waals surface area (Å²) < 4.78 is 10.3. The molecule has 0 aliphatic heterocycles. The minimum Gasteiger partial charge on any atom is -0.497 e. The highest BCUT2D eigenvalue weighted by Gasteiger charge is 2.10. The van der Waals surface area contributed by atoms with Gasteiger partial charge in [0.1, 0.15) is 11.5 Å². The van der Waals surface area contributed by atoms with E-state index in [9.17, 15) is 4.79 Å². The number of carbonyl (C=O) groups is 1. The zero-order valence-electron chi connectivity index (χ0n) is 12.5. The topological polar surface area (TPSA) is 35.5 Å². The first kappa shape index (κ1) is 14.1. The average molecular weight is 292 g/mol. The molecule has 0 aliphatic carbocycles. The normalized spacial score (nSPS) is 10.5. The molecule has 3 aromatic rings. The first-order valence-electron chi connectivity index (χ1n) is 6.98. The van der Waals surface area contributed by atoms with Gasteiger partial charge in [0.2, 0.25) is 0 Å². The highest BCUT2D eigenvalue weighted by atomic mass is 16.5. The summed E-state index contributed by atoms with van der Waals surface area (Å²) in [6.45, 7) is 0. The van der Waals surface area contributed by atoms with Crippen LogP contribution in [0.5, 0.6) is 11.5 Å². The molecule has 0 atom stereocenters. The van der Waals surface area contributed by atoms with Crippen LogP contribution < -0.4 is 9.47 Å². The number of carbonyl (C=O) groups excluding carboxylic acids is 1. The molecule has 3 aromatic carbocycles. The van der Waals surface area contributed by atoms with E-state index in [1.165, 1.54) is 0 Å². The summed E-state index contributed by atoms with van der Waals surface area (Å²) in [5.74, 6) is 1.55. The predicted octanol–water partition coefficient (Wildman–Crippen LogP) is 4.09. The molecule has 0 aliphatic rings. The Hall–Kier alpha value is -2.81. The minimum atomic E-state index is 0.000344. The fourth-order valence-electron chi connectivity index (χ4n) is 2.40. The van der Waals surface area contributed by atoms with Crippen LogP contribution in [0.3, 0.4) is 0 Å². The summed E-state index contributed by atoms with van der Waals surface area (Å²) in [5, 5.41) is 2.06. The summed E-state index contributed by atoms with van der Waals surface area (Å²) in [6, 6.07) is 18.6. The van der Waals surface area contributed by atoms with Gasteiger partial charge in [-0.1, -0.05) is 18.2 Å². The van der Waals surface area contributed by atoms with E-state index < -0.39 is 0 Å². The van der Waals surface area contributed by atoms with Crippen LogP contribution >= 0.6 is 0 Å². The molecule has 3 heteroatoms. The van der Waals surface area contributed by atoms with Crippen molar-refractivity contribution in [3.63, 3.8) is 0 Å². The summed E-state index contributed by atoms with van der Waals surface area (Å²) in [6.07, 6.45) is 0. The van der Waals surface area contributed by atoms with E-state index in [4.69, 9.17) is 9.47 Å². The summed E-state index contributed by atoms with van der Waals surface area (Å²) in [7, 11) is 3.25. The minimum absolute atomic E-state index is 0.000344. The summed E-state index contributed by atoms with van der Waals surface area (Å²) >= 11 is 0. The number of ether oxygens (including phenoxy) is 2. The Morgan fingerprint density at radius 1 is 0.682 bits per heavy atom. The molecule has 0 amide bonds. The molecule has 0 heterocycles. The lowest BCUT2D eigenvalue weighted by Gasteiger charge is -2.06. The van der Waals surface area contributed by atoms with E-state index in [1.54, 1.807) is 38.5 Å². The molecule has 0 radical (unpaired) electrons. The molecule has 0 N–H and O–H groups in total. The average Bonchev–Trinajstić information content (AvgIpc) is 2.60. The fourth-order valence-corrected chi connectivity index (χ4v) is 2.40. The standard InChI is InChI=1S/C19H16O3/c1-21-17-8-5-13(6-9-17)19(20)16-4-3-15-12-18(22-2)10-7-14(15)11-16/h3-12H,1-2H3. The maximum absolute atomic E-state index is 12.5. The molecule has 0 aromatic heterocycles. The maximum Gasteiger partial charge on any atom is 0.193 e. The lowest BCUT2D eigenvalue weighted by atomic mass is 10.00. The van der Waals surface area contributed by atoms with Crippen LogP contribution in [0.15, 0.2) is 60.7 Å². The number of rotatable bonds is 4. The van der Waals surface area contributed by atoms with Gasteiger partial charge in [0, 0.05) is 11.1 Å². The quantitative estimate of drug-likeness (QED) is 0.679. The van der Waals surface area contributed by atoms with Gasteiger partial charge < -0.3 is 9.47 Å². The third kappa shape index (κ3) is 2.66. The Labute approximate surface area is 129 Å². The zero-order valence-corrected chi connectivity index (χ0v) is 12.5. The molecule has 0 saturated carbocycles. The highest BCUT2D eigenvalue weighted by molar-refractivity contribution is 6.10. The number of hydrogen-bond donors (Lipinski definition) is 0. The van der Waals surface area contributed by atoms with Crippen molar-refractivity contribution in [3.05, 3.63) is 71.8 Å². The first-order chi connectivity index (χ1) is 10.7. The van der Waals surface area contributed by atoms with Crippen LogP contribution in [0.4, 0.5) is 0 Å². The van der Waals surface area contributed by atoms with Crippen LogP contribution in [0.1, 0.15) is 15.9 Å². The second kappa shape index (κ2) is 5.90. The molecule has 22 heavy (non-hydrogen) atoms. The van der Waals surface area contributed by atoms with Gasteiger partial charge >= 0.3 is 0 Å². The van der Waals surface area contributed by atoms with Crippen molar-refractivity contribution >= 4 is 16.6 Å². The zero-order chi connectivity index (χ0) is 15.5. The first-order valence-corrected chi connectivity index (χ1v) is 6.98. The van der Waals surface area contributed by atoms with Crippen LogP contribution in [0.25, 0.3) is 10.8 Å². The molecule has 0 fully saturated rings. The van der Waals surface area contributed by atoms with Crippen LogP contribution in [0, 0.1) is 0 Å². The van der Waals surface area contributed by atoms with Crippen molar-refractivity contribution in [2.75, 3.05) is 14.2 Å². The van der Waals surface area contributed by atoms with E-state index in [2.05, 4.69) is 0 Å². The molecule has 3 nitrogen and oxygen atoms in total. The Morgan fingerprint density at radius 2 is 1.23 bits per heavy atom. The maximum atomic E-state index is 12.5. The van der Waals surface area contributed by atoms with E-state index in [0.29, 0.717) is 11.1 Å². The van der Waals surface area contributed by atoms with E-state index in [1.807, 2.05) is 36.4 Å². The highest BCUT2D eigenvalue weighted by Crippen LogP contribution is 2.23. The predicted molar refractivity (Wildman–Crippen MR) is 86.9 cm³/mol. The van der Waals surface area contributed by atoms with Gasteiger partial charge in [0.05, 0.1) is 14.2 Å². The van der Waals surface area contributed by atoms with Crippen LogP contribution in [-0.4, -0.2) is 20.0 Å². The van der Waals surface area contributed by atoms with Crippen molar-refractivity contribution in [1.82, 2.24) is 0 Å². The van der Waals surface area contributed by atoms with E-state index in [0.717, 1.165) is 22.3 Å². The largest absolute Gasteiger partial charge is 0.497 e. The van der Waals surface area contributed by atoms with Gasteiger partial charge in [-0.25, -0.2) is 0 Å². The summed E-state index contributed by atoms with van der Waals surface area (Å²) in [4.78, 5) is 12.5. The second-order valence-electron chi connectivity index (χ2n) is 4.99. The molecule has 0 bridgehead atoms. The van der Waals surface area contributed by atoms with Crippen molar-refractivity contribution in [2.24, 2.45) is 0 Å². The molecule has 0 saturated heterocycles. The summed E-state index contributed by atoms with van der Waals surface area (Å²) in [5.41, 5.74) is 1.32. The monoisotopic (exact) mass is 292 g/mol. The SMILES string of the molecule is COc1ccc(C(=O)c2ccc3cc(OC)ccc3c2)cc1. The van der Waals surface area contributed by atoms with Gasteiger partial charge in [-0.15, -0.1) is 0 Å². The Balaban J connectivity index is 1.96. The van der Waals surface area contributed by atoms with Crippen molar-refractivity contribution in [1.29, 1.82) is 0 Å². The number of methoxy groups -OCH3 is 2. The van der Waals surface area contributed by atoms with E-state index in [-0.39, 0.29) is 5.78 Å². The third-order valence-corrected chi connectivity index (χ3v) is 3.66. The smallest absolute Gasteiger partial charge is 0.193 e. The lowest BCUT2D eigenvalue weighted by molar-refractivity contribution is 0.103. The molecule has 3 rings (SSSR count). The van der Waals surface area contributed by atoms with Crippen molar-refractivity contribution in [2.45, 2.75) is 0 Å². The van der Waals surface area contributed by atoms with Gasteiger partial charge in [-0.3, -0.25) is 4.79 Å².